The molecule has 0 N–H and O–H groups in total. The largest absolute Gasteiger partial charge is 0.497 e. The number of aryl methyl sites for hydroxylation is 1. The Balaban J connectivity index is 2.15. The van der Waals surface area contributed by atoms with Crippen LogP contribution in [0.4, 0.5) is 0 Å². The Morgan fingerprint density at radius 1 is 1.04 bits per heavy atom. The lowest BCUT2D eigenvalue weighted by atomic mass is 10.3. The average molecular weight is 378 g/mol. The number of aromatic nitrogens is 1. The number of ether oxygens (including phenoxy) is 2. The molecule has 0 fully saturated rings. The van der Waals surface area contributed by atoms with Crippen molar-refractivity contribution in [2.75, 3.05) is 14.2 Å². The van der Waals surface area contributed by atoms with Crippen LogP contribution in [0.5, 0.6) is 11.5 Å². The van der Waals surface area contributed by atoms with Gasteiger partial charge in [-0.05, 0) is 49.4 Å². The zero-order chi connectivity index (χ0) is 18.0. The van der Waals surface area contributed by atoms with Gasteiger partial charge in [0.2, 0.25) is 4.80 Å². The molecule has 8 heteroatoms. The van der Waals surface area contributed by atoms with Gasteiger partial charge in [0.1, 0.15) is 11.5 Å². The lowest BCUT2D eigenvalue weighted by Crippen LogP contribution is -2.16. The van der Waals surface area contributed by atoms with E-state index in [1.807, 2.05) is 29.7 Å². The van der Waals surface area contributed by atoms with E-state index in [2.05, 4.69) is 4.40 Å². The van der Waals surface area contributed by atoms with E-state index in [-0.39, 0.29) is 4.90 Å². The van der Waals surface area contributed by atoms with Crippen molar-refractivity contribution in [2.24, 2.45) is 4.40 Å². The maximum absolute atomic E-state index is 12.6. The maximum Gasteiger partial charge on any atom is 0.285 e. The van der Waals surface area contributed by atoms with Crippen LogP contribution in [0.15, 0.2) is 51.8 Å². The van der Waals surface area contributed by atoms with Crippen molar-refractivity contribution in [1.29, 1.82) is 0 Å². The van der Waals surface area contributed by atoms with Crippen molar-refractivity contribution in [3.8, 4) is 11.5 Å². The third-order valence-corrected chi connectivity index (χ3v) is 6.20. The van der Waals surface area contributed by atoms with Crippen LogP contribution < -0.4 is 14.3 Å². The molecule has 1 heterocycles. The van der Waals surface area contributed by atoms with Crippen molar-refractivity contribution in [3.05, 3.63) is 47.3 Å². The van der Waals surface area contributed by atoms with Gasteiger partial charge in [0, 0.05) is 6.54 Å². The fraction of sp³-hybridized carbons (Fsp3) is 0.235. The molecule has 2 aromatic carbocycles. The van der Waals surface area contributed by atoms with E-state index in [0.717, 1.165) is 16.0 Å². The first kappa shape index (κ1) is 17.5. The third-order valence-electron chi connectivity index (χ3n) is 3.76. The molecule has 0 aliphatic rings. The molecule has 0 atom stereocenters. The molecule has 0 spiro atoms. The highest BCUT2D eigenvalue weighted by Gasteiger charge is 2.15. The van der Waals surface area contributed by atoms with Gasteiger partial charge in [0.05, 0.1) is 29.3 Å². The van der Waals surface area contributed by atoms with Gasteiger partial charge in [-0.3, -0.25) is 0 Å². The molecule has 3 aromatic rings. The number of hydrogen-bond donors (Lipinski definition) is 0. The molecular weight excluding hydrogens is 360 g/mol. The summed E-state index contributed by atoms with van der Waals surface area (Å²) in [5.41, 5.74) is 0.928. The van der Waals surface area contributed by atoms with Crippen molar-refractivity contribution in [2.45, 2.75) is 18.4 Å². The standard InChI is InChI=1S/C17H18N2O4S2/c1-4-19-15-10-7-13(23-3)11-16(15)24-17(19)18-25(20,21)14-8-5-12(22-2)6-9-14/h5-11H,4H2,1-3H3. The second-order valence-electron chi connectivity index (χ2n) is 5.20. The van der Waals surface area contributed by atoms with Gasteiger partial charge in [-0.15, -0.1) is 4.40 Å². The molecule has 0 unspecified atom stereocenters. The quantitative estimate of drug-likeness (QED) is 0.684. The Morgan fingerprint density at radius 2 is 1.68 bits per heavy atom. The summed E-state index contributed by atoms with van der Waals surface area (Å²) in [4.78, 5) is 0.563. The van der Waals surface area contributed by atoms with Crippen molar-refractivity contribution < 1.29 is 17.9 Å². The van der Waals surface area contributed by atoms with Crippen molar-refractivity contribution in [3.63, 3.8) is 0 Å². The predicted molar refractivity (Wildman–Crippen MR) is 97.8 cm³/mol. The molecular formula is C17H18N2O4S2. The second kappa shape index (κ2) is 6.89. The van der Waals surface area contributed by atoms with Crippen LogP contribution in [-0.2, 0) is 16.6 Å². The highest BCUT2D eigenvalue weighted by atomic mass is 32.2. The zero-order valence-electron chi connectivity index (χ0n) is 14.1. The fourth-order valence-corrected chi connectivity index (χ4v) is 4.78. The van der Waals surface area contributed by atoms with Gasteiger partial charge in [0.15, 0.2) is 0 Å². The number of nitrogens with zero attached hydrogens (tertiary/aromatic N) is 2. The Morgan fingerprint density at radius 3 is 2.28 bits per heavy atom. The Kier molecular flexibility index (Phi) is 4.82. The molecule has 0 saturated heterocycles. The van der Waals surface area contributed by atoms with Crippen LogP contribution in [-0.4, -0.2) is 27.2 Å². The minimum atomic E-state index is -3.81. The molecule has 25 heavy (non-hydrogen) atoms. The van der Waals surface area contributed by atoms with Gasteiger partial charge < -0.3 is 14.0 Å². The topological polar surface area (TPSA) is 69.9 Å². The highest BCUT2D eigenvalue weighted by Crippen LogP contribution is 2.24. The first-order chi connectivity index (χ1) is 12.0. The van der Waals surface area contributed by atoms with E-state index in [1.54, 1.807) is 19.2 Å². The summed E-state index contributed by atoms with van der Waals surface area (Å²) in [5.74, 6) is 1.32. The Hall–Kier alpha value is -2.32. The average Bonchev–Trinajstić information content (AvgIpc) is 2.96. The second-order valence-corrected chi connectivity index (χ2v) is 7.82. The maximum atomic E-state index is 12.6. The normalized spacial score (nSPS) is 12.5. The van der Waals surface area contributed by atoms with E-state index in [0.29, 0.717) is 17.1 Å². The monoisotopic (exact) mass is 378 g/mol. The number of thiazole rings is 1. The van der Waals surface area contributed by atoms with Crippen LogP contribution >= 0.6 is 11.3 Å². The van der Waals surface area contributed by atoms with Crippen LogP contribution in [0, 0.1) is 0 Å². The van der Waals surface area contributed by atoms with Gasteiger partial charge >= 0.3 is 0 Å². The smallest absolute Gasteiger partial charge is 0.285 e. The lowest BCUT2D eigenvalue weighted by molar-refractivity contribution is 0.414. The van der Waals surface area contributed by atoms with E-state index >= 15 is 0 Å². The summed E-state index contributed by atoms with van der Waals surface area (Å²) in [6.45, 7) is 2.57. The minimum absolute atomic E-state index is 0.131. The third kappa shape index (κ3) is 3.40. The molecule has 132 valence electrons. The van der Waals surface area contributed by atoms with E-state index in [9.17, 15) is 8.42 Å². The molecule has 1 aromatic heterocycles. The molecule has 0 amide bonds. The number of rotatable bonds is 5. The van der Waals surface area contributed by atoms with Gasteiger partial charge in [0.25, 0.3) is 10.0 Å². The van der Waals surface area contributed by atoms with Crippen LogP contribution in [0.25, 0.3) is 10.2 Å². The summed E-state index contributed by atoms with van der Waals surface area (Å²) in [7, 11) is -0.676. The summed E-state index contributed by atoms with van der Waals surface area (Å²) >= 11 is 1.32. The van der Waals surface area contributed by atoms with Crippen molar-refractivity contribution >= 4 is 31.6 Å². The van der Waals surface area contributed by atoms with Gasteiger partial charge in [-0.25, -0.2) is 0 Å². The Labute approximate surface area is 150 Å². The van der Waals surface area contributed by atoms with E-state index < -0.39 is 10.0 Å². The molecule has 0 aliphatic carbocycles. The van der Waals surface area contributed by atoms with Crippen LogP contribution in [0.1, 0.15) is 6.92 Å². The van der Waals surface area contributed by atoms with Crippen molar-refractivity contribution in [1.82, 2.24) is 4.57 Å². The van der Waals surface area contributed by atoms with E-state index in [1.165, 1.54) is 30.6 Å². The molecule has 0 aliphatic heterocycles. The fourth-order valence-electron chi connectivity index (χ4n) is 2.46. The number of hydrogen-bond acceptors (Lipinski definition) is 5. The summed E-state index contributed by atoms with van der Waals surface area (Å²) < 4.78 is 42.4. The SMILES string of the molecule is CCn1c(=NS(=O)(=O)c2ccc(OC)cc2)sc2cc(OC)ccc21. The first-order valence-corrected chi connectivity index (χ1v) is 9.86. The molecule has 6 nitrogen and oxygen atoms in total. The van der Waals surface area contributed by atoms with Crippen LogP contribution in [0.3, 0.4) is 0 Å². The summed E-state index contributed by atoms with van der Waals surface area (Å²) in [5, 5.41) is 0. The molecule has 3 rings (SSSR count). The highest BCUT2D eigenvalue weighted by molar-refractivity contribution is 7.90. The first-order valence-electron chi connectivity index (χ1n) is 7.61. The predicted octanol–water partition coefficient (Wildman–Crippen LogP) is 3.03. The number of fused-ring (bicyclic) bond motifs is 1. The molecule has 0 radical (unpaired) electrons. The number of methoxy groups -OCH3 is 2. The minimum Gasteiger partial charge on any atom is -0.497 e. The Bertz CT molecular complexity index is 1060. The van der Waals surface area contributed by atoms with Gasteiger partial charge in [-0.1, -0.05) is 11.3 Å². The lowest BCUT2D eigenvalue weighted by Gasteiger charge is -2.03. The zero-order valence-corrected chi connectivity index (χ0v) is 15.7. The van der Waals surface area contributed by atoms with E-state index in [4.69, 9.17) is 9.47 Å². The number of sulfonamides is 1. The van der Waals surface area contributed by atoms with Gasteiger partial charge in [-0.2, -0.15) is 8.42 Å². The molecule has 0 bridgehead atoms. The summed E-state index contributed by atoms with van der Waals surface area (Å²) in [6.07, 6.45) is 0. The summed E-state index contributed by atoms with van der Waals surface area (Å²) in [6, 6.07) is 11.8. The number of benzene rings is 2. The van der Waals surface area contributed by atoms with Crippen LogP contribution in [0.2, 0.25) is 0 Å². The molecule has 0 saturated carbocycles.